The molecule has 136 valence electrons. The third-order valence-electron chi connectivity index (χ3n) is 4.22. The Bertz CT molecular complexity index is 434. The van der Waals surface area contributed by atoms with Crippen molar-refractivity contribution in [2.75, 3.05) is 66.2 Å². The number of ether oxygens (including phenoxy) is 3. The number of nitrogens with zero attached hydrogens (tertiary/aromatic N) is 3. The van der Waals surface area contributed by atoms with E-state index in [1.807, 2.05) is 25.3 Å². The zero-order valence-electron chi connectivity index (χ0n) is 15.1. The van der Waals surface area contributed by atoms with E-state index in [2.05, 4.69) is 14.8 Å². The molecule has 0 N–H and O–H groups in total. The molecule has 0 saturated carbocycles. The highest BCUT2D eigenvalue weighted by Gasteiger charge is 2.15. The molecule has 0 aromatic carbocycles. The fourth-order valence-electron chi connectivity index (χ4n) is 2.72. The summed E-state index contributed by atoms with van der Waals surface area (Å²) in [7, 11) is 1.76. The van der Waals surface area contributed by atoms with Crippen molar-refractivity contribution in [3.8, 4) is 5.88 Å². The van der Waals surface area contributed by atoms with Crippen LogP contribution in [0.1, 0.15) is 18.9 Å². The normalized spacial score (nSPS) is 16.4. The lowest BCUT2D eigenvalue weighted by Gasteiger charge is -2.34. The summed E-state index contributed by atoms with van der Waals surface area (Å²) in [6, 6.07) is 3.93. The van der Waals surface area contributed by atoms with Crippen LogP contribution in [0.15, 0.2) is 18.3 Å². The van der Waals surface area contributed by atoms with Crippen molar-refractivity contribution >= 4 is 0 Å². The van der Waals surface area contributed by atoms with Gasteiger partial charge >= 0.3 is 0 Å². The largest absolute Gasteiger partial charge is 0.478 e. The first-order chi connectivity index (χ1) is 11.8. The first-order valence-corrected chi connectivity index (χ1v) is 8.91. The van der Waals surface area contributed by atoms with Crippen LogP contribution < -0.4 is 4.74 Å². The van der Waals surface area contributed by atoms with Gasteiger partial charge in [0.15, 0.2) is 0 Å². The molecule has 1 fully saturated rings. The highest BCUT2D eigenvalue weighted by Crippen LogP contribution is 2.09. The van der Waals surface area contributed by atoms with E-state index in [9.17, 15) is 0 Å². The number of aromatic nitrogens is 1. The van der Waals surface area contributed by atoms with Gasteiger partial charge in [-0.05, 0) is 25.0 Å². The molecule has 1 aromatic rings. The maximum absolute atomic E-state index is 5.73. The van der Waals surface area contributed by atoms with Crippen molar-refractivity contribution in [1.82, 2.24) is 14.8 Å². The lowest BCUT2D eigenvalue weighted by Crippen LogP contribution is -2.47. The van der Waals surface area contributed by atoms with Crippen LogP contribution in [0.25, 0.3) is 0 Å². The summed E-state index contributed by atoms with van der Waals surface area (Å²) in [6.07, 6.45) is 2.85. The van der Waals surface area contributed by atoms with E-state index in [4.69, 9.17) is 14.2 Å². The molecule has 1 aliphatic rings. The van der Waals surface area contributed by atoms with E-state index in [1.165, 1.54) is 0 Å². The summed E-state index contributed by atoms with van der Waals surface area (Å²) >= 11 is 0. The van der Waals surface area contributed by atoms with Gasteiger partial charge in [-0.1, -0.05) is 0 Å². The average Bonchev–Trinajstić information content (AvgIpc) is 2.64. The van der Waals surface area contributed by atoms with Gasteiger partial charge in [-0.15, -0.1) is 0 Å². The van der Waals surface area contributed by atoms with Crippen molar-refractivity contribution in [2.45, 2.75) is 20.0 Å². The zero-order valence-corrected chi connectivity index (χ0v) is 15.1. The maximum atomic E-state index is 5.73. The molecule has 0 bridgehead atoms. The molecule has 1 aromatic heterocycles. The summed E-state index contributed by atoms with van der Waals surface area (Å²) < 4.78 is 16.2. The highest BCUT2D eigenvalue weighted by atomic mass is 16.5. The Labute approximate surface area is 145 Å². The van der Waals surface area contributed by atoms with Gasteiger partial charge in [0, 0.05) is 65.2 Å². The van der Waals surface area contributed by atoms with Crippen molar-refractivity contribution in [1.29, 1.82) is 0 Å². The first-order valence-electron chi connectivity index (χ1n) is 8.91. The topological polar surface area (TPSA) is 47.1 Å². The fraction of sp³-hybridized carbons (Fsp3) is 0.722. The van der Waals surface area contributed by atoms with E-state index in [-0.39, 0.29) is 0 Å². The molecule has 0 unspecified atom stereocenters. The van der Waals surface area contributed by atoms with Gasteiger partial charge in [-0.25, -0.2) is 4.98 Å². The third-order valence-corrected chi connectivity index (χ3v) is 4.22. The molecule has 6 heteroatoms. The Kier molecular flexibility index (Phi) is 9.05. The summed E-state index contributed by atoms with van der Waals surface area (Å²) in [5.74, 6) is 0.694. The van der Waals surface area contributed by atoms with Crippen LogP contribution in [0.4, 0.5) is 0 Å². The number of hydrogen-bond donors (Lipinski definition) is 0. The van der Waals surface area contributed by atoms with Crippen LogP contribution in [-0.2, 0) is 16.1 Å². The molecule has 0 atom stereocenters. The third kappa shape index (κ3) is 7.13. The molecule has 0 radical (unpaired) electrons. The minimum atomic E-state index is 0.611. The molecule has 1 saturated heterocycles. The first kappa shape index (κ1) is 19.1. The minimum Gasteiger partial charge on any atom is -0.478 e. The van der Waals surface area contributed by atoms with E-state index < -0.39 is 0 Å². The highest BCUT2D eigenvalue weighted by molar-refractivity contribution is 5.17. The Hall–Kier alpha value is -1.21. The van der Waals surface area contributed by atoms with Crippen LogP contribution >= 0.6 is 0 Å². The Morgan fingerprint density at radius 3 is 2.42 bits per heavy atom. The molecular weight excluding hydrogens is 306 g/mol. The van der Waals surface area contributed by atoms with Gasteiger partial charge in [-0.3, -0.25) is 4.90 Å². The standard InChI is InChI=1S/C18H31N3O3/c1-3-23-16-17-5-6-18(19-15-17)24-13-4-7-20-8-10-21(11-9-20)12-14-22-2/h5-6,15H,3-4,7-14,16H2,1-2H3. The number of pyridine rings is 1. The molecule has 2 rings (SSSR count). The van der Waals surface area contributed by atoms with E-state index in [1.54, 1.807) is 7.11 Å². The molecule has 6 nitrogen and oxygen atoms in total. The summed E-state index contributed by atoms with van der Waals surface area (Å²) in [5.41, 5.74) is 1.08. The number of piperazine rings is 1. The SMILES string of the molecule is CCOCc1ccc(OCCCN2CCN(CCOC)CC2)nc1. The molecule has 2 heterocycles. The van der Waals surface area contributed by atoms with Gasteiger partial charge in [0.1, 0.15) is 0 Å². The number of hydrogen-bond acceptors (Lipinski definition) is 6. The number of methoxy groups -OCH3 is 1. The summed E-state index contributed by atoms with van der Waals surface area (Å²) in [6.45, 7) is 11.5. The monoisotopic (exact) mass is 337 g/mol. The van der Waals surface area contributed by atoms with Gasteiger partial charge < -0.3 is 19.1 Å². The lowest BCUT2D eigenvalue weighted by molar-refractivity contribution is 0.0940. The molecular formula is C18H31N3O3. The molecule has 1 aliphatic heterocycles. The summed E-state index contributed by atoms with van der Waals surface area (Å²) in [5, 5.41) is 0. The second-order valence-corrected chi connectivity index (χ2v) is 6.02. The van der Waals surface area contributed by atoms with E-state index in [0.717, 1.165) is 64.5 Å². The molecule has 0 aliphatic carbocycles. The second-order valence-electron chi connectivity index (χ2n) is 6.02. The van der Waals surface area contributed by atoms with Crippen LogP contribution in [0.5, 0.6) is 5.88 Å². The summed E-state index contributed by atoms with van der Waals surface area (Å²) in [4.78, 5) is 9.29. The van der Waals surface area contributed by atoms with Crippen LogP contribution in [0, 0.1) is 0 Å². The smallest absolute Gasteiger partial charge is 0.213 e. The van der Waals surface area contributed by atoms with Gasteiger partial charge in [-0.2, -0.15) is 0 Å². The molecule has 0 spiro atoms. The van der Waals surface area contributed by atoms with Crippen molar-refractivity contribution < 1.29 is 14.2 Å². The predicted octanol–water partition coefficient (Wildman–Crippen LogP) is 1.65. The Morgan fingerprint density at radius 2 is 1.79 bits per heavy atom. The van der Waals surface area contributed by atoms with Crippen LogP contribution in [0.2, 0.25) is 0 Å². The lowest BCUT2D eigenvalue weighted by atomic mass is 10.3. The van der Waals surface area contributed by atoms with E-state index >= 15 is 0 Å². The fourth-order valence-corrected chi connectivity index (χ4v) is 2.72. The number of rotatable bonds is 11. The van der Waals surface area contributed by atoms with Crippen molar-refractivity contribution in [3.63, 3.8) is 0 Å². The second kappa shape index (κ2) is 11.4. The average molecular weight is 337 g/mol. The van der Waals surface area contributed by atoms with Gasteiger partial charge in [0.2, 0.25) is 5.88 Å². The van der Waals surface area contributed by atoms with Crippen molar-refractivity contribution in [3.05, 3.63) is 23.9 Å². The van der Waals surface area contributed by atoms with Crippen molar-refractivity contribution in [2.24, 2.45) is 0 Å². The van der Waals surface area contributed by atoms with Crippen LogP contribution in [0.3, 0.4) is 0 Å². The molecule has 24 heavy (non-hydrogen) atoms. The van der Waals surface area contributed by atoms with Gasteiger partial charge in [0.25, 0.3) is 0 Å². The molecule has 0 amide bonds. The van der Waals surface area contributed by atoms with Gasteiger partial charge in [0.05, 0.1) is 19.8 Å². The van der Waals surface area contributed by atoms with Crippen LogP contribution in [-0.4, -0.2) is 81.0 Å². The Morgan fingerprint density at radius 1 is 1.04 bits per heavy atom. The quantitative estimate of drug-likeness (QED) is 0.572. The van der Waals surface area contributed by atoms with E-state index in [0.29, 0.717) is 19.1 Å². The minimum absolute atomic E-state index is 0.611. The Balaban J connectivity index is 1.55. The zero-order chi connectivity index (χ0) is 17.0. The predicted molar refractivity (Wildman–Crippen MR) is 94.4 cm³/mol. The maximum Gasteiger partial charge on any atom is 0.213 e.